The maximum atomic E-state index is 2.59. The summed E-state index contributed by atoms with van der Waals surface area (Å²) >= 11 is 0. The smallest absolute Gasteiger partial charge is 0.109 e. The molecule has 0 heterocycles. The minimum absolute atomic E-state index is 0. The Balaban J connectivity index is 0. The van der Waals surface area contributed by atoms with Gasteiger partial charge in [0.1, 0.15) is 7.28 Å². The molecular weight excluding hydrogens is 479 g/mol. The molecule has 0 saturated carbocycles. The van der Waals surface area contributed by atoms with Crippen molar-refractivity contribution >= 4 is 19.7 Å². The maximum absolute atomic E-state index is 2.59. The predicted octanol–water partition coefficient (Wildman–Crippen LogP) is 14.5. The molecule has 0 amide bonds. The summed E-state index contributed by atoms with van der Waals surface area (Å²) in [6.45, 7) is 4.61. The molecule has 0 saturated heterocycles. The van der Waals surface area contributed by atoms with Crippen LogP contribution in [0.1, 0.15) is 219 Å². The van der Waals surface area contributed by atoms with E-state index in [2.05, 4.69) is 21.1 Å². The predicted molar refractivity (Wildman–Crippen MR) is 182 cm³/mol. The van der Waals surface area contributed by atoms with Gasteiger partial charge in [-0.1, -0.05) is 232 Å². The van der Waals surface area contributed by atoms with E-state index in [4.69, 9.17) is 0 Å². The van der Waals surface area contributed by atoms with Gasteiger partial charge in [-0.3, -0.25) is 0 Å². The number of halogens is 1. The van der Waals surface area contributed by atoms with Gasteiger partial charge in [0.25, 0.3) is 0 Å². The SMILES string of the molecule is CCCCCCCCCCCCCCCCCC[B]CCCCCCCCCCCCCCCCCC.Cl. The Bertz CT molecular complexity index is 338. The van der Waals surface area contributed by atoms with Crippen LogP contribution in [0.4, 0.5) is 0 Å². The average molecular weight is 554 g/mol. The van der Waals surface area contributed by atoms with Gasteiger partial charge in [0.2, 0.25) is 0 Å². The van der Waals surface area contributed by atoms with Crippen molar-refractivity contribution in [3.63, 3.8) is 0 Å². The fourth-order valence-corrected chi connectivity index (χ4v) is 5.82. The average Bonchev–Trinajstić information content (AvgIpc) is 2.91. The molecule has 0 aliphatic rings. The van der Waals surface area contributed by atoms with E-state index < -0.39 is 0 Å². The lowest BCUT2D eigenvalue weighted by Crippen LogP contribution is -1.90. The molecule has 0 unspecified atom stereocenters. The fourth-order valence-electron chi connectivity index (χ4n) is 5.82. The van der Waals surface area contributed by atoms with Crippen LogP contribution in [0.15, 0.2) is 0 Å². The molecule has 0 spiro atoms. The van der Waals surface area contributed by atoms with Crippen molar-refractivity contribution < 1.29 is 0 Å². The van der Waals surface area contributed by atoms with E-state index in [1.54, 1.807) is 0 Å². The Morgan fingerprint density at radius 3 is 0.579 bits per heavy atom. The summed E-state index contributed by atoms with van der Waals surface area (Å²) in [5, 5.41) is 0. The van der Waals surface area contributed by atoms with Crippen molar-refractivity contribution in [1.29, 1.82) is 0 Å². The normalized spacial score (nSPS) is 11.1. The standard InChI is InChI=1S/C36H74B.ClH/c1-3-5-7-9-11-13-15-17-19-21-23-25-27-29-31-33-35-37-36-34-32-30-28-26-24-22-20-18-16-14-12-10-8-6-4-2;/h3-36H2,1-2H3;1H. The zero-order valence-electron chi connectivity index (χ0n) is 27.0. The van der Waals surface area contributed by atoms with Crippen LogP contribution in [-0.2, 0) is 0 Å². The van der Waals surface area contributed by atoms with Crippen LogP contribution in [0.3, 0.4) is 0 Å². The van der Waals surface area contributed by atoms with Crippen LogP contribution in [0.5, 0.6) is 0 Å². The number of unbranched alkanes of at least 4 members (excludes halogenated alkanes) is 30. The van der Waals surface area contributed by atoms with Crippen molar-refractivity contribution in [3.8, 4) is 0 Å². The van der Waals surface area contributed by atoms with Gasteiger partial charge in [-0.15, -0.1) is 12.4 Å². The molecule has 2 heteroatoms. The first-order chi connectivity index (χ1) is 18.4. The second kappa shape index (κ2) is 39.5. The molecule has 0 aromatic rings. The Kier molecular flexibility index (Phi) is 42.1. The van der Waals surface area contributed by atoms with E-state index in [-0.39, 0.29) is 12.4 Å². The summed E-state index contributed by atoms with van der Waals surface area (Å²) in [6.07, 6.45) is 49.8. The summed E-state index contributed by atoms with van der Waals surface area (Å²) < 4.78 is 0. The Hall–Kier alpha value is 0.355. The largest absolute Gasteiger partial charge is 0.147 e. The lowest BCUT2D eigenvalue weighted by Gasteiger charge is -2.04. The first-order valence-corrected chi connectivity index (χ1v) is 18.2. The van der Waals surface area contributed by atoms with Gasteiger partial charge in [-0.05, 0) is 0 Å². The first-order valence-electron chi connectivity index (χ1n) is 18.2. The van der Waals surface area contributed by atoms with Gasteiger partial charge in [0.15, 0.2) is 0 Å². The summed E-state index contributed by atoms with van der Waals surface area (Å²) in [6, 6.07) is 0. The van der Waals surface area contributed by atoms with Gasteiger partial charge >= 0.3 is 0 Å². The topological polar surface area (TPSA) is 0 Å². The highest BCUT2D eigenvalue weighted by atomic mass is 35.5. The molecule has 0 N–H and O–H groups in total. The van der Waals surface area contributed by atoms with Crippen LogP contribution in [0.2, 0.25) is 12.6 Å². The molecule has 0 fully saturated rings. The van der Waals surface area contributed by atoms with E-state index in [1.165, 1.54) is 218 Å². The lowest BCUT2D eigenvalue weighted by atomic mass is 9.68. The van der Waals surface area contributed by atoms with E-state index in [9.17, 15) is 0 Å². The molecule has 0 aliphatic heterocycles. The molecule has 0 atom stereocenters. The highest BCUT2D eigenvalue weighted by molar-refractivity contribution is 6.35. The highest BCUT2D eigenvalue weighted by Gasteiger charge is 1.97. The number of hydrogen-bond acceptors (Lipinski definition) is 0. The quantitative estimate of drug-likeness (QED) is 0.0549. The molecule has 0 rings (SSSR count). The molecule has 0 aromatic carbocycles. The van der Waals surface area contributed by atoms with Crippen molar-refractivity contribution in [2.45, 2.75) is 232 Å². The number of rotatable bonds is 34. The van der Waals surface area contributed by atoms with Crippen LogP contribution >= 0.6 is 12.4 Å². The van der Waals surface area contributed by atoms with E-state index in [0.29, 0.717) is 0 Å². The summed E-state index contributed by atoms with van der Waals surface area (Å²) in [7, 11) is 2.59. The van der Waals surface area contributed by atoms with Crippen molar-refractivity contribution in [3.05, 3.63) is 0 Å². The van der Waals surface area contributed by atoms with Crippen LogP contribution in [0, 0.1) is 0 Å². The van der Waals surface area contributed by atoms with Crippen molar-refractivity contribution in [2.75, 3.05) is 0 Å². The van der Waals surface area contributed by atoms with Crippen LogP contribution in [-0.4, -0.2) is 7.28 Å². The molecule has 1 radical (unpaired) electrons. The molecule has 0 nitrogen and oxygen atoms in total. The van der Waals surface area contributed by atoms with E-state index in [0.717, 1.165) is 0 Å². The summed E-state index contributed by atoms with van der Waals surface area (Å²) in [4.78, 5) is 0. The molecule has 0 bridgehead atoms. The Morgan fingerprint density at radius 1 is 0.237 bits per heavy atom. The number of hydrogen-bond donors (Lipinski definition) is 0. The molecule has 0 aromatic heterocycles. The van der Waals surface area contributed by atoms with Crippen molar-refractivity contribution in [2.24, 2.45) is 0 Å². The van der Waals surface area contributed by atoms with Gasteiger partial charge in [0.05, 0.1) is 0 Å². The third kappa shape index (κ3) is 38.5. The molecule has 229 valence electrons. The van der Waals surface area contributed by atoms with Gasteiger partial charge in [-0.25, -0.2) is 0 Å². The molecular formula is C36H75BCl. The third-order valence-electron chi connectivity index (χ3n) is 8.52. The second-order valence-corrected chi connectivity index (χ2v) is 12.5. The maximum Gasteiger partial charge on any atom is 0.109 e. The minimum atomic E-state index is 0. The lowest BCUT2D eigenvalue weighted by molar-refractivity contribution is 0.531. The Labute approximate surface area is 251 Å². The van der Waals surface area contributed by atoms with Crippen LogP contribution in [0.25, 0.3) is 0 Å². The Morgan fingerprint density at radius 2 is 0.395 bits per heavy atom. The van der Waals surface area contributed by atoms with Gasteiger partial charge in [0, 0.05) is 0 Å². The van der Waals surface area contributed by atoms with E-state index >= 15 is 0 Å². The molecule has 38 heavy (non-hydrogen) atoms. The van der Waals surface area contributed by atoms with E-state index in [1.807, 2.05) is 0 Å². The fraction of sp³-hybridized carbons (Fsp3) is 1.00. The zero-order valence-corrected chi connectivity index (χ0v) is 27.8. The van der Waals surface area contributed by atoms with Crippen LogP contribution < -0.4 is 0 Å². The van der Waals surface area contributed by atoms with Crippen molar-refractivity contribution in [1.82, 2.24) is 0 Å². The zero-order chi connectivity index (χ0) is 26.7. The van der Waals surface area contributed by atoms with Gasteiger partial charge in [-0.2, -0.15) is 0 Å². The highest BCUT2D eigenvalue weighted by Crippen LogP contribution is 2.16. The van der Waals surface area contributed by atoms with Gasteiger partial charge < -0.3 is 0 Å². The summed E-state index contributed by atoms with van der Waals surface area (Å²) in [5.74, 6) is 0. The molecule has 0 aliphatic carbocycles. The second-order valence-electron chi connectivity index (χ2n) is 12.5. The first kappa shape index (κ1) is 40.5. The third-order valence-corrected chi connectivity index (χ3v) is 8.52. The monoisotopic (exact) mass is 554 g/mol. The summed E-state index contributed by atoms with van der Waals surface area (Å²) in [5.41, 5.74) is 0. The minimum Gasteiger partial charge on any atom is -0.147 e.